The number of aliphatic hydroxyl groups excluding tert-OH is 1. The molecule has 0 heterocycles. The highest BCUT2D eigenvalue weighted by Crippen LogP contribution is 2.53. The van der Waals surface area contributed by atoms with Gasteiger partial charge >= 0.3 is 0 Å². The first-order valence-electron chi connectivity index (χ1n) is 12.6. The van der Waals surface area contributed by atoms with Gasteiger partial charge < -0.3 is 20.8 Å². The van der Waals surface area contributed by atoms with Crippen LogP contribution in [0.2, 0.25) is 5.02 Å². The second kappa shape index (κ2) is 10.9. The van der Waals surface area contributed by atoms with Gasteiger partial charge in [0.1, 0.15) is 5.82 Å². The molecule has 5 atom stereocenters. The van der Waals surface area contributed by atoms with Gasteiger partial charge in [0.15, 0.2) is 9.84 Å². The van der Waals surface area contributed by atoms with Crippen molar-refractivity contribution < 1.29 is 32.6 Å². The van der Waals surface area contributed by atoms with Crippen LogP contribution >= 0.6 is 11.6 Å². The number of carbonyl (C=O) groups is 2. The predicted octanol–water partition coefficient (Wildman–Crippen LogP) is 3.62. The highest BCUT2D eigenvalue weighted by Gasteiger charge is 2.56. The van der Waals surface area contributed by atoms with Crippen LogP contribution < -0.4 is 10.6 Å². The lowest BCUT2D eigenvalue weighted by Gasteiger charge is -2.42. The van der Waals surface area contributed by atoms with E-state index >= 15 is 0 Å². The molecule has 0 saturated heterocycles. The molecular weight excluding hydrogens is 535 g/mol. The summed E-state index contributed by atoms with van der Waals surface area (Å²) in [4.78, 5) is 25.1. The number of fused-ring (bicyclic) bond motifs is 2. The van der Waals surface area contributed by atoms with Gasteiger partial charge in [0.2, 0.25) is 5.91 Å². The molecule has 11 heteroatoms. The van der Waals surface area contributed by atoms with Gasteiger partial charge in [0, 0.05) is 17.8 Å². The largest absolute Gasteiger partial charge is 0.392 e. The zero-order chi connectivity index (χ0) is 27.8. The maximum atomic E-state index is 13.7. The first-order chi connectivity index (χ1) is 17.8. The fraction of sp³-hybridized carbons (Fsp3) is 0.481. The molecule has 0 radical (unpaired) electrons. The second-order valence-electron chi connectivity index (χ2n) is 10.5. The number of benzene rings is 2. The van der Waals surface area contributed by atoms with Crippen molar-refractivity contribution in [3.63, 3.8) is 0 Å². The highest BCUT2D eigenvalue weighted by molar-refractivity contribution is 7.92. The zero-order valence-corrected chi connectivity index (χ0v) is 22.8. The molecule has 4 N–H and O–H groups in total. The summed E-state index contributed by atoms with van der Waals surface area (Å²) in [6, 6.07) is 8.15. The number of aryl methyl sites for hydroxylation is 1. The van der Waals surface area contributed by atoms with Crippen LogP contribution in [0.15, 0.2) is 41.3 Å². The summed E-state index contributed by atoms with van der Waals surface area (Å²) in [5.41, 5.74) is -0.503. The Bertz CT molecular complexity index is 1340. The second-order valence-corrected chi connectivity index (χ2v) is 13.1. The van der Waals surface area contributed by atoms with Gasteiger partial charge in [-0.3, -0.25) is 9.59 Å². The van der Waals surface area contributed by atoms with Crippen molar-refractivity contribution >= 4 is 38.9 Å². The summed E-state index contributed by atoms with van der Waals surface area (Å²) >= 11 is 6.30. The fourth-order valence-electron chi connectivity index (χ4n) is 5.70. The van der Waals surface area contributed by atoms with E-state index in [2.05, 4.69) is 10.6 Å². The van der Waals surface area contributed by atoms with Gasteiger partial charge in [0.25, 0.3) is 5.91 Å². The third kappa shape index (κ3) is 5.73. The maximum absolute atomic E-state index is 13.7. The molecule has 0 aromatic heterocycles. The third-order valence-electron chi connectivity index (χ3n) is 7.77. The summed E-state index contributed by atoms with van der Waals surface area (Å²) in [7, 11) is -3.97. The number of amides is 2. The number of nitrogens with one attached hydrogen (secondary N) is 2. The van der Waals surface area contributed by atoms with Crippen molar-refractivity contribution in [3.05, 3.63) is 58.4 Å². The minimum Gasteiger partial charge on any atom is -0.392 e. The Kier molecular flexibility index (Phi) is 8.18. The summed E-state index contributed by atoms with van der Waals surface area (Å²) in [5.74, 6) is -2.12. The van der Waals surface area contributed by atoms with E-state index in [-0.39, 0.29) is 59.0 Å². The van der Waals surface area contributed by atoms with E-state index in [1.165, 1.54) is 36.4 Å². The van der Waals surface area contributed by atoms with Gasteiger partial charge in [-0.15, -0.1) is 0 Å². The molecule has 4 rings (SSSR count). The molecule has 2 aliphatic carbocycles. The molecule has 2 aliphatic rings. The van der Waals surface area contributed by atoms with Crippen LogP contribution in [0.1, 0.15) is 54.9 Å². The lowest BCUT2D eigenvalue weighted by molar-refractivity contribution is -0.133. The molecule has 2 fully saturated rings. The first kappa shape index (κ1) is 28.5. The van der Waals surface area contributed by atoms with Crippen LogP contribution in [0.25, 0.3) is 0 Å². The van der Waals surface area contributed by atoms with Crippen molar-refractivity contribution in [2.24, 2.45) is 11.8 Å². The number of hydrogen-bond donors (Lipinski definition) is 4. The van der Waals surface area contributed by atoms with Crippen LogP contribution in [0.3, 0.4) is 0 Å². The van der Waals surface area contributed by atoms with Crippen molar-refractivity contribution in [2.45, 2.75) is 67.8 Å². The lowest BCUT2D eigenvalue weighted by atomic mass is 9.72. The molecule has 0 aliphatic heterocycles. The molecule has 38 heavy (non-hydrogen) atoms. The van der Waals surface area contributed by atoms with Crippen molar-refractivity contribution in [2.75, 3.05) is 11.9 Å². The Morgan fingerprint density at radius 2 is 1.82 bits per heavy atom. The minimum absolute atomic E-state index is 0.00939. The number of carbonyl (C=O) groups excluding carboxylic acids is 2. The molecule has 206 valence electrons. The monoisotopic (exact) mass is 566 g/mol. The smallest absolute Gasteiger partial charge is 0.255 e. The number of anilines is 1. The summed E-state index contributed by atoms with van der Waals surface area (Å²) in [6.45, 7) is 3.19. The van der Waals surface area contributed by atoms with Crippen LogP contribution in [0, 0.1) is 24.6 Å². The molecule has 2 aromatic rings. The van der Waals surface area contributed by atoms with E-state index in [0.717, 1.165) is 0 Å². The van der Waals surface area contributed by atoms with Gasteiger partial charge in [-0.2, -0.15) is 0 Å². The van der Waals surface area contributed by atoms with Gasteiger partial charge in [-0.25, -0.2) is 12.8 Å². The Labute approximate surface area is 226 Å². The molecular formula is C27H32ClFN2O6S. The van der Waals surface area contributed by atoms with E-state index in [0.29, 0.717) is 24.1 Å². The van der Waals surface area contributed by atoms with Crippen LogP contribution in [0.4, 0.5) is 10.1 Å². The fourth-order valence-corrected chi connectivity index (χ4v) is 8.10. The van der Waals surface area contributed by atoms with Gasteiger partial charge in [-0.1, -0.05) is 11.6 Å². The Balaban J connectivity index is 1.51. The van der Waals surface area contributed by atoms with Gasteiger partial charge in [-0.05, 0) is 93.3 Å². The van der Waals surface area contributed by atoms with Gasteiger partial charge in [0.05, 0.1) is 33.3 Å². The number of hydrogen-bond acceptors (Lipinski definition) is 6. The maximum Gasteiger partial charge on any atom is 0.255 e. The quantitative estimate of drug-likeness (QED) is 0.386. The Morgan fingerprint density at radius 1 is 1.16 bits per heavy atom. The van der Waals surface area contributed by atoms with Crippen molar-refractivity contribution in [1.82, 2.24) is 5.32 Å². The topological polar surface area (TPSA) is 133 Å². The molecule has 2 amide bonds. The van der Waals surface area contributed by atoms with Crippen LogP contribution in [-0.2, 0) is 14.6 Å². The van der Waals surface area contributed by atoms with E-state index in [9.17, 15) is 32.6 Å². The number of halogens is 2. The minimum atomic E-state index is -3.97. The van der Waals surface area contributed by atoms with Crippen LogP contribution in [0.5, 0.6) is 0 Å². The zero-order valence-electron chi connectivity index (χ0n) is 21.2. The average molecular weight is 567 g/mol. The number of sulfone groups is 1. The SMILES string of the molecule is Cc1cc(NC(=O)c2ccc(Cl)c(S(=O)(=O)C3CC4CC[C@@H](C3)C4(O)CC(=O)NC[C@@H](C)O)c2)ccc1F. The number of aliphatic hydroxyl groups is 2. The summed E-state index contributed by atoms with van der Waals surface area (Å²) < 4.78 is 41.0. The summed E-state index contributed by atoms with van der Waals surface area (Å²) in [6.07, 6.45) is 0.671. The molecule has 8 nitrogen and oxygen atoms in total. The average Bonchev–Trinajstić information content (AvgIpc) is 3.00. The van der Waals surface area contributed by atoms with Crippen molar-refractivity contribution in [3.8, 4) is 0 Å². The molecule has 0 spiro atoms. The Hall–Kier alpha value is -2.53. The molecule has 3 unspecified atom stereocenters. The van der Waals surface area contributed by atoms with E-state index in [1.807, 2.05) is 0 Å². The first-order valence-corrected chi connectivity index (χ1v) is 14.5. The highest BCUT2D eigenvalue weighted by atomic mass is 35.5. The van der Waals surface area contributed by atoms with Crippen molar-refractivity contribution in [1.29, 1.82) is 0 Å². The predicted molar refractivity (Wildman–Crippen MR) is 141 cm³/mol. The standard InChI is InChI=1S/C27H32ClFN2O6S/c1-15-9-20(6-8-23(15)29)31-26(34)17-3-7-22(28)24(10-17)38(36,37)21-11-18-4-5-19(12-21)27(18,35)13-25(33)30-14-16(2)32/h3,6-10,16,18-19,21,32,35H,4-5,11-14H2,1-2H3,(H,30,33)(H,31,34)/t16-,18+,19?,21?,27?/m1/s1. The molecule has 2 aromatic carbocycles. The molecule has 2 bridgehead atoms. The summed E-state index contributed by atoms with van der Waals surface area (Å²) in [5, 5.41) is 25.2. The molecule has 2 saturated carbocycles. The number of rotatable bonds is 8. The lowest BCUT2D eigenvalue weighted by Crippen LogP contribution is -2.51. The Morgan fingerprint density at radius 3 is 2.42 bits per heavy atom. The van der Waals surface area contributed by atoms with Crippen LogP contribution in [-0.4, -0.2) is 53.9 Å². The third-order valence-corrected chi connectivity index (χ3v) is 10.4. The van der Waals surface area contributed by atoms with E-state index < -0.39 is 38.5 Å². The normalized spacial score (nSPS) is 25.6. The van der Waals surface area contributed by atoms with E-state index in [1.54, 1.807) is 13.8 Å². The van der Waals surface area contributed by atoms with E-state index in [4.69, 9.17) is 11.6 Å².